The largest absolute Gasteiger partial charge is 0.463 e. The van der Waals surface area contributed by atoms with Crippen LogP contribution in [-0.2, 0) is 11.3 Å². The number of aromatic nitrogens is 2. The van der Waals surface area contributed by atoms with Crippen molar-refractivity contribution < 1.29 is 18.7 Å². The van der Waals surface area contributed by atoms with Gasteiger partial charge in [0.15, 0.2) is 16.7 Å². The first-order valence-electron chi connectivity index (χ1n) is 10.0. The van der Waals surface area contributed by atoms with Crippen molar-refractivity contribution in [1.29, 1.82) is 0 Å². The van der Waals surface area contributed by atoms with E-state index in [1.807, 2.05) is 25.9 Å². The number of thiazole rings is 1. The van der Waals surface area contributed by atoms with Gasteiger partial charge < -0.3 is 14.1 Å². The molecule has 1 amide bonds. The molecule has 0 bridgehead atoms. The number of anilines is 1. The molecule has 0 aromatic carbocycles. The highest BCUT2D eigenvalue weighted by Gasteiger charge is 2.22. The maximum absolute atomic E-state index is 12.8. The Labute approximate surface area is 197 Å². The van der Waals surface area contributed by atoms with Gasteiger partial charge in [-0.05, 0) is 44.8 Å². The fourth-order valence-corrected chi connectivity index (χ4v) is 3.71. The lowest BCUT2D eigenvalue weighted by Crippen LogP contribution is -2.18. The molecule has 1 N–H and O–H groups in total. The summed E-state index contributed by atoms with van der Waals surface area (Å²) in [5.74, 6) is 0.149. The maximum atomic E-state index is 12.8. The summed E-state index contributed by atoms with van der Waals surface area (Å²) in [6, 6.07) is 6.80. The molecule has 8 nitrogen and oxygen atoms in total. The van der Waals surface area contributed by atoms with Gasteiger partial charge in [-0.15, -0.1) is 12.4 Å². The number of nitrogens with one attached hydrogen (secondary N) is 1. The van der Waals surface area contributed by atoms with Crippen LogP contribution in [0.15, 0.2) is 41.1 Å². The van der Waals surface area contributed by atoms with E-state index in [2.05, 4.69) is 15.3 Å². The number of Topliss-reactive ketones (excluding diaryl/α,β-unsaturated/α-hetero) is 1. The molecule has 10 heteroatoms. The number of hydrogen-bond donors (Lipinski definition) is 1. The molecule has 0 aliphatic heterocycles. The van der Waals surface area contributed by atoms with Crippen molar-refractivity contribution in [3.63, 3.8) is 0 Å². The first kappa shape index (κ1) is 25.7. The molecule has 3 aromatic heterocycles. The molecule has 0 aliphatic carbocycles. The molecule has 0 atom stereocenters. The second-order valence-corrected chi connectivity index (χ2v) is 8.19. The zero-order valence-corrected chi connectivity index (χ0v) is 19.9. The van der Waals surface area contributed by atoms with Gasteiger partial charge in [0.25, 0.3) is 5.91 Å². The lowest BCUT2D eigenvalue weighted by atomic mass is 10.1. The molecule has 3 heterocycles. The van der Waals surface area contributed by atoms with Crippen molar-refractivity contribution in [2.75, 3.05) is 32.6 Å². The number of likely N-dealkylation sites (N-methyl/N-ethyl adjacent to an activating group) is 1. The highest BCUT2D eigenvalue weighted by molar-refractivity contribution is 7.18. The van der Waals surface area contributed by atoms with E-state index < -0.39 is 0 Å². The zero-order chi connectivity index (χ0) is 22.2. The van der Waals surface area contributed by atoms with Gasteiger partial charge in [0.2, 0.25) is 0 Å². The summed E-state index contributed by atoms with van der Waals surface area (Å²) in [5.41, 5.74) is 1.56. The van der Waals surface area contributed by atoms with Crippen LogP contribution in [0.1, 0.15) is 45.5 Å². The van der Waals surface area contributed by atoms with E-state index in [9.17, 15) is 9.59 Å². The number of ketones is 1. The predicted molar refractivity (Wildman–Crippen MR) is 127 cm³/mol. The minimum absolute atomic E-state index is 0. The molecule has 172 valence electrons. The van der Waals surface area contributed by atoms with Crippen LogP contribution in [0.2, 0.25) is 0 Å². The summed E-state index contributed by atoms with van der Waals surface area (Å²) in [6.45, 7) is 3.65. The number of carbonyl (C=O) groups is 2. The second-order valence-electron chi connectivity index (χ2n) is 7.19. The molecule has 0 fully saturated rings. The smallest absolute Gasteiger partial charge is 0.257 e. The fourth-order valence-electron chi connectivity index (χ4n) is 2.77. The molecule has 0 aliphatic rings. The summed E-state index contributed by atoms with van der Waals surface area (Å²) < 4.78 is 11.0. The van der Waals surface area contributed by atoms with Gasteiger partial charge in [0.05, 0.1) is 25.2 Å². The SMILES string of the molecule is CCCC(=O)c1sc(NC(=O)c2ccnc(COCCN(C)C)c2)nc1-c1ccco1.Cl. The molecule has 0 radical (unpaired) electrons. The van der Waals surface area contributed by atoms with E-state index in [4.69, 9.17) is 9.15 Å². The number of pyridine rings is 1. The minimum atomic E-state index is -0.328. The van der Waals surface area contributed by atoms with Crippen molar-refractivity contribution in [2.45, 2.75) is 26.4 Å². The van der Waals surface area contributed by atoms with Crippen LogP contribution in [0, 0.1) is 0 Å². The summed E-state index contributed by atoms with van der Waals surface area (Å²) in [7, 11) is 3.95. The third kappa shape index (κ3) is 6.96. The number of ether oxygens (including phenoxy) is 1. The van der Waals surface area contributed by atoms with Crippen LogP contribution in [0.5, 0.6) is 0 Å². The van der Waals surface area contributed by atoms with Crippen molar-refractivity contribution in [3.8, 4) is 11.5 Å². The monoisotopic (exact) mass is 478 g/mol. The van der Waals surface area contributed by atoms with Crippen molar-refractivity contribution >= 4 is 40.6 Å². The van der Waals surface area contributed by atoms with E-state index in [1.54, 1.807) is 30.5 Å². The van der Waals surface area contributed by atoms with Crippen LogP contribution < -0.4 is 5.32 Å². The number of carbonyl (C=O) groups excluding carboxylic acids is 2. The Hall–Kier alpha value is -2.59. The predicted octanol–water partition coefficient (Wildman–Crippen LogP) is 4.53. The molecule has 32 heavy (non-hydrogen) atoms. The average molecular weight is 479 g/mol. The first-order valence-corrected chi connectivity index (χ1v) is 10.9. The van der Waals surface area contributed by atoms with Crippen molar-refractivity contribution in [2.24, 2.45) is 0 Å². The Morgan fingerprint density at radius 3 is 2.78 bits per heavy atom. The van der Waals surface area contributed by atoms with E-state index in [1.165, 1.54) is 6.26 Å². The van der Waals surface area contributed by atoms with Crippen molar-refractivity contribution in [1.82, 2.24) is 14.9 Å². The molecule has 3 rings (SSSR count). The van der Waals surface area contributed by atoms with Crippen LogP contribution >= 0.6 is 23.7 Å². The number of rotatable bonds is 11. The van der Waals surface area contributed by atoms with Gasteiger partial charge in [-0.25, -0.2) is 4.98 Å². The Kier molecular flexibility index (Phi) is 9.98. The van der Waals surface area contributed by atoms with Gasteiger partial charge in [0, 0.05) is 24.7 Å². The quantitative estimate of drug-likeness (QED) is 0.319. The first-order chi connectivity index (χ1) is 15.0. The van der Waals surface area contributed by atoms with E-state index in [0.29, 0.717) is 52.4 Å². The van der Waals surface area contributed by atoms with Crippen molar-refractivity contribution in [3.05, 3.63) is 52.9 Å². The van der Waals surface area contributed by atoms with Crippen LogP contribution in [0.3, 0.4) is 0 Å². The topological polar surface area (TPSA) is 97.6 Å². The van der Waals surface area contributed by atoms with Crippen LogP contribution in [-0.4, -0.2) is 53.8 Å². The Morgan fingerprint density at radius 1 is 1.28 bits per heavy atom. The van der Waals surface area contributed by atoms with Gasteiger partial charge in [-0.3, -0.25) is 19.9 Å². The third-order valence-electron chi connectivity index (χ3n) is 4.34. The summed E-state index contributed by atoms with van der Waals surface area (Å²) >= 11 is 1.15. The lowest BCUT2D eigenvalue weighted by Gasteiger charge is -2.10. The molecule has 3 aromatic rings. The molecule has 0 spiro atoms. The van der Waals surface area contributed by atoms with Crippen LogP contribution in [0.25, 0.3) is 11.5 Å². The number of amides is 1. The highest BCUT2D eigenvalue weighted by Crippen LogP contribution is 2.33. The number of nitrogens with zero attached hydrogens (tertiary/aromatic N) is 3. The summed E-state index contributed by atoms with van der Waals surface area (Å²) in [4.78, 5) is 36.5. The van der Waals surface area contributed by atoms with E-state index in [-0.39, 0.29) is 24.1 Å². The standard InChI is InChI=1S/C22H26N4O4S.ClH/c1-4-6-17(27)20-19(18-7-5-11-30-18)24-22(31-20)25-21(28)15-8-9-23-16(13-15)14-29-12-10-26(2)3;/h5,7-9,11,13H,4,6,10,12,14H2,1-3H3,(H,24,25,28);1H. The Morgan fingerprint density at radius 2 is 2.09 bits per heavy atom. The van der Waals surface area contributed by atoms with E-state index >= 15 is 0 Å². The summed E-state index contributed by atoms with van der Waals surface area (Å²) in [5, 5.41) is 3.13. The van der Waals surface area contributed by atoms with Gasteiger partial charge in [-0.1, -0.05) is 18.3 Å². The molecular weight excluding hydrogens is 452 g/mol. The average Bonchev–Trinajstić information content (AvgIpc) is 3.41. The summed E-state index contributed by atoms with van der Waals surface area (Å²) in [6.07, 6.45) is 4.24. The fraction of sp³-hybridized carbons (Fsp3) is 0.364. The lowest BCUT2D eigenvalue weighted by molar-refractivity contribution is 0.0983. The zero-order valence-electron chi connectivity index (χ0n) is 18.3. The normalized spacial score (nSPS) is 10.8. The molecular formula is C22H27ClN4O4S. The Bertz CT molecular complexity index is 1020. The molecule has 0 saturated carbocycles. The van der Waals surface area contributed by atoms with Gasteiger partial charge in [-0.2, -0.15) is 0 Å². The molecule has 0 saturated heterocycles. The second kappa shape index (κ2) is 12.4. The Balaban J connectivity index is 0.00000363. The number of hydrogen-bond acceptors (Lipinski definition) is 8. The van der Waals surface area contributed by atoms with E-state index in [0.717, 1.165) is 24.3 Å². The third-order valence-corrected chi connectivity index (χ3v) is 5.36. The number of halogens is 1. The molecule has 0 unspecified atom stereocenters. The van der Waals surface area contributed by atoms with Crippen LogP contribution in [0.4, 0.5) is 5.13 Å². The minimum Gasteiger partial charge on any atom is -0.463 e. The highest BCUT2D eigenvalue weighted by atomic mass is 35.5. The van der Waals surface area contributed by atoms with Gasteiger partial charge in [0.1, 0.15) is 10.6 Å². The number of furan rings is 1. The van der Waals surface area contributed by atoms with Gasteiger partial charge >= 0.3 is 0 Å². The maximum Gasteiger partial charge on any atom is 0.257 e.